The summed E-state index contributed by atoms with van der Waals surface area (Å²) in [5.74, 6) is -1.79. The standard InChI is InChI=1S/C27H17F3O/c1-31-18-14-23(29)27(24(30)15-18)26-20-10-6-5-9-19(20)25(16-7-3-2-4-8-16)22-13-17(28)11-12-21(22)26/h2-15H,1H3. The SMILES string of the molecule is COc1cc(F)c(-c2c3ccccc3c(-c3ccccc3)c3cc(F)ccc23)c(F)c1. The van der Waals surface area contributed by atoms with E-state index in [1.54, 1.807) is 6.07 Å². The van der Waals surface area contributed by atoms with Crippen LogP contribution < -0.4 is 4.74 Å². The van der Waals surface area contributed by atoms with Crippen molar-refractivity contribution in [2.24, 2.45) is 0 Å². The maximum absolute atomic E-state index is 15.1. The van der Waals surface area contributed by atoms with Gasteiger partial charge in [-0.15, -0.1) is 0 Å². The van der Waals surface area contributed by atoms with Gasteiger partial charge in [-0.2, -0.15) is 0 Å². The zero-order valence-corrected chi connectivity index (χ0v) is 16.6. The van der Waals surface area contributed by atoms with E-state index >= 15 is 8.78 Å². The fraction of sp³-hybridized carbons (Fsp3) is 0.0370. The molecule has 5 aromatic carbocycles. The summed E-state index contributed by atoms with van der Waals surface area (Å²) in [6, 6.07) is 23.7. The minimum Gasteiger partial charge on any atom is -0.497 e. The van der Waals surface area contributed by atoms with Crippen LogP contribution in [0.1, 0.15) is 0 Å². The van der Waals surface area contributed by atoms with Gasteiger partial charge < -0.3 is 4.74 Å². The molecule has 4 heteroatoms. The first kappa shape index (κ1) is 19.2. The summed E-state index contributed by atoms with van der Waals surface area (Å²) in [7, 11) is 1.36. The van der Waals surface area contributed by atoms with E-state index in [2.05, 4.69) is 0 Å². The molecule has 0 atom stereocenters. The maximum Gasteiger partial charge on any atom is 0.137 e. The predicted octanol–water partition coefficient (Wildman–Crippen LogP) is 7.75. The second-order valence-corrected chi connectivity index (χ2v) is 7.32. The topological polar surface area (TPSA) is 9.23 Å². The average molecular weight is 414 g/mol. The molecule has 0 spiro atoms. The van der Waals surface area contributed by atoms with Gasteiger partial charge in [0, 0.05) is 17.7 Å². The van der Waals surface area contributed by atoms with E-state index < -0.39 is 17.5 Å². The molecule has 0 N–H and O–H groups in total. The lowest BCUT2D eigenvalue weighted by atomic mass is 9.85. The number of rotatable bonds is 3. The van der Waals surface area contributed by atoms with E-state index in [0.29, 0.717) is 21.7 Å². The Bertz CT molecular complexity index is 1420. The molecule has 5 aromatic rings. The van der Waals surface area contributed by atoms with Crippen molar-refractivity contribution in [1.29, 1.82) is 0 Å². The van der Waals surface area contributed by atoms with E-state index in [0.717, 1.165) is 28.6 Å². The Balaban J connectivity index is 2.01. The lowest BCUT2D eigenvalue weighted by Gasteiger charge is -2.18. The minimum atomic E-state index is -0.736. The smallest absolute Gasteiger partial charge is 0.137 e. The van der Waals surface area contributed by atoms with Crippen LogP contribution in [0.2, 0.25) is 0 Å². The van der Waals surface area contributed by atoms with Gasteiger partial charge in [-0.25, -0.2) is 13.2 Å². The highest BCUT2D eigenvalue weighted by Gasteiger charge is 2.22. The highest BCUT2D eigenvalue weighted by Crippen LogP contribution is 2.45. The first-order valence-electron chi connectivity index (χ1n) is 9.81. The van der Waals surface area contributed by atoms with Crippen LogP contribution in [-0.4, -0.2) is 7.11 Å². The van der Waals surface area contributed by atoms with E-state index in [-0.39, 0.29) is 11.3 Å². The Labute approximate surface area is 177 Å². The monoisotopic (exact) mass is 414 g/mol. The molecule has 0 aliphatic rings. The fourth-order valence-corrected chi connectivity index (χ4v) is 4.24. The van der Waals surface area contributed by atoms with Gasteiger partial charge in [-0.3, -0.25) is 0 Å². The zero-order chi connectivity index (χ0) is 21.5. The molecule has 0 bridgehead atoms. The van der Waals surface area contributed by atoms with Gasteiger partial charge in [-0.05, 0) is 44.8 Å². The molecule has 0 aliphatic heterocycles. The number of hydrogen-bond acceptors (Lipinski definition) is 1. The van der Waals surface area contributed by atoms with Crippen LogP contribution in [-0.2, 0) is 0 Å². The lowest BCUT2D eigenvalue weighted by Crippen LogP contribution is -1.97. The van der Waals surface area contributed by atoms with E-state index in [9.17, 15) is 4.39 Å². The van der Waals surface area contributed by atoms with Crippen molar-refractivity contribution in [1.82, 2.24) is 0 Å². The molecule has 5 rings (SSSR count). The van der Waals surface area contributed by atoms with Crippen molar-refractivity contribution >= 4 is 21.5 Å². The van der Waals surface area contributed by atoms with Crippen LogP contribution in [0.15, 0.2) is 84.9 Å². The third kappa shape index (κ3) is 3.12. The van der Waals surface area contributed by atoms with Crippen molar-refractivity contribution < 1.29 is 17.9 Å². The maximum atomic E-state index is 15.1. The second kappa shape index (κ2) is 7.47. The first-order valence-corrected chi connectivity index (χ1v) is 9.81. The number of ether oxygens (including phenoxy) is 1. The summed E-state index contributed by atoms with van der Waals surface area (Å²) in [5.41, 5.74) is 1.96. The van der Waals surface area contributed by atoms with Crippen LogP contribution in [0.5, 0.6) is 5.75 Å². The number of methoxy groups -OCH3 is 1. The summed E-state index contributed by atoms with van der Waals surface area (Å²) >= 11 is 0. The highest BCUT2D eigenvalue weighted by molar-refractivity contribution is 6.21. The predicted molar refractivity (Wildman–Crippen MR) is 119 cm³/mol. The Morgan fingerprint density at radius 1 is 0.548 bits per heavy atom. The van der Waals surface area contributed by atoms with Crippen LogP contribution in [0.4, 0.5) is 13.2 Å². The van der Waals surface area contributed by atoms with Crippen molar-refractivity contribution in [3.63, 3.8) is 0 Å². The normalized spacial score (nSPS) is 11.2. The molecule has 152 valence electrons. The van der Waals surface area contributed by atoms with E-state index in [1.165, 1.54) is 19.2 Å². The Kier molecular flexibility index (Phi) is 4.63. The van der Waals surface area contributed by atoms with Crippen LogP contribution in [0.3, 0.4) is 0 Å². The molecule has 0 fully saturated rings. The summed E-state index contributed by atoms with van der Waals surface area (Å²) < 4.78 is 49.7. The molecular formula is C27H17F3O. The van der Waals surface area contributed by atoms with Crippen LogP contribution in [0.25, 0.3) is 43.8 Å². The van der Waals surface area contributed by atoms with Gasteiger partial charge in [0.1, 0.15) is 23.2 Å². The molecular weight excluding hydrogens is 397 g/mol. The molecule has 0 aromatic heterocycles. The fourth-order valence-electron chi connectivity index (χ4n) is 4.24. The van der Waals surface area contributed by atoms with Crippen molar-refractivity contribution in [2.45, 2.75) is 0 Å². The van der Waals surface area contributed by atoms with Gasteiger partial charge in [0.05, 0.1) is 12.7 Å². The number of hydrogen-bond donors (Lipinski definition) is 0. The molecule has 0 heterocycles. The minimum absolute atomic E-state index is 0.0966. The van der Waals surface area contributed by atoms with E-state index in [4.69, 9.17) is 4.74 Å². The van der Waals surface area contributed by atoms with Gasteiger partial charge in [-0.1, -0.05) is 60.7 Å². The Morgan fingerprint density at radius 3 is 1.77 bits per heavy atom. The average Bonchev–Trinajstić information content (AvgIpc) is 2.78. The molecule has 0 amide bonds. The molecule has 0 radical (unpaired) electrons. The Morgan fingerprint density at radius 2 is 1.13 bits per heavy atom. The lowest BCUT2D eigenvalue weighted by molar-refractivity contribution is 0.407. The summed E-state index contributed by atoms with van der Waals surface area (Å²) in [4.78, 5) is 0. The highest BCUT2D eigenvalue weighted by atomic mass is 19.1. The largest absolute Gasteiger partial charge is 0.497 e. The third-order valence-electron chi connectivity index (χ3n) is 5.55. The van der Waals surface area contributed by atoms with Gasteiger partial charge in [0.25, 0.3) is 0 Å². The zero-order valence-electron chi connectivity index (χ0n) is 16.6. The first-order chi connectivity index (χ1) is 15.1. The second-order valence-electron chi connectivity index (χ2n) is 7.32. The summed E-state index contributed by atoms with van der Waals surface area (Å²) in [5, 5.41) is 2.64. The molecule has 1 nitrogen and oxygen atoms in total. The third-order valence-corrected chi connectivity index (χ3v) is 5.55. The van der Waals surface area contributed by atoms with Gasteiger partial charge in [0.2, 0.25) is 0 Å². The van der Waals surface area contributed by atoms with Crippen LogP contribution in [0, 0.1) is 17.5 Å². The number of fused-ring (bicyclic) bond motifs is 2. The van der Waals surface area contributed by atoms with Crippen molar-refractivity contribution in [3.05, 3.63) is 102 Å². The quantitative estimate of drug-likeness (QED) is 0.274. The molecule has 31 heavy (non-hydrogen) atoms. The number of benzene rings is 5. The van der Waals surface area contributed by atoms with Gasteiger partial charge >= 0.3 is 0 Å². The van der Waals surface area contributed by atoms with Crippen molar-refractivity contribution in [2.75, 3.05) is 7.11 Å². The van der Waals surface area contributed by atoms with Gasteiger partial charge in [0.15, 0.2) is 0 Å². The molecule has 0 saturated heterocycles. The van der Waals surface area contributed by atoms with Crippen LogP contribution >= 0.6 is 0 Å². The number of halogens is 3. The Hall–Kier alpha value is -3.79. The van der Waals surface area contributed by atoms with E-state index in [1.807, 2.05) is 54.6 Å². The molecule has 0 unspecified atom stereocenters. The summed E-state index contributed by atoms with van der Waals surface area (Å²) in [6.07, 6.45) is 0. The summed E-state index contributed by atoms with van der Waals surface area (Å²) in [6.45, 7) is 0. The molecule has 0 saturated carbocycles. The van der Waals surface area contributed by atoms with Crippen molar-refractivity contribution in [3.8, 4) is 28.0 Å². The molecule has 0 aliphatic carbocycles.